The van der Waals surface area contributed by atoms with E-state index >= 15 is 0 Å². The van der Waals surface area contributed by atoms with Crippen molar-refractivity contribution >= 4 is 54.3 Å². The molecule has 2 heterocycles. The fraction of sp³-hybridized carbons (Fsp3) is 0. The van der Waals surface area contributed by atoms with E-state index in [-0.39, 0.29) is 24.6 Å². The van der Waals surface area contributed by atoms with Crippen molar-refractivity contribution in [3.8, 4) is 28.3 Å². The van der Waals surface area contributed by atoms with Crippen molar-refractivity contribution in [2.75, 3.05) is 0 Å². The molecule has 0 bridgehead atoms. The van der Waals surface area contributed by atoms with E-state index in [0.717, 1.165) is 59.9 Å². The summed E-state index contributed by atoms with van der Waals surface area (Å²) in [5.41, 5.74) is 4.81. The van der Waals surface area contributed by atoms with Crippen LogP contribution in [0.1, 0.15) is 0 Å². The molecular weight excluding hydrogens is 475 g/mol. The van der Waals surface area contributed by atoms with Gasteiger partial charge in [0.1, 0.15) is 5.52 Å². The van der Waals surface area contributed by atoms with Gasteiger partial charge in [-0.2, -0.15) is 0 Å². The molecule has 39 heavy (non-hydrogen) atoms. The van der Waals surface area contributed by atoms with E-state index in [9.17, 15) is 5.11 Å². The zero-order valence-corrected chi connectivity index (χ0v) is 21.2. The van der Waals surface area contributed by atoms with Crippen molar-refractivity contribution < 1.29 is 33.4 Å². The van der Waals surface area contributed by atoms with Gasteiger partial charge in [-0.3, -0.25) is 0 Å². The van der Waals surface area contributed by atoms with Crippen molar-refractivity contribution in [1.29, 1.82) is 0 Å². The van der Waals surface area contributed by atoms with Gasteiger partial charge < -0.3 is 9.52 Å². The fourth-order valence-corrected chi connectivity index (χ4v) is 5.74. The molecule has 0 fully saturated rings. The first kappa shape index (κ1) is 23.5. The molecule has 5 heteroatoms. The predicted molar refractivity (Wildman–Crippen MR) is 151 cm³/mol. The summed E-state index contributed by atoms with van der Waals surface area (Å²) in [6.45, 7) is 0. The Morgan fingerprint density at radius 1 is 0.615 bits per heavy atom. The topological polar surface area (TPSA) is 63.2 Å². The molecule has 6 aromatic carbocycles. The van der Waals surface area contributed by atoms with Gasteiger partial charge in [0.05, 0.1) is 0 Å². The smallest absolute Gasteiger partial charge is 0.868 e. The SMILES string of the molecule is [Li+].[O-]c1c(-c2c3ccccc3cc3c2ccc2c(-c4nc5ccccc5o4)cccc23)ccc2ccc[nH+]c12. The number of hydrogen-bond acceptors (Lipinski definition) is 3. The summed E-state index contributed by atoms with van der Waals surface area (Å²) >= 11 is 0. The number of benzene rings is 6. The second-order valence-corrected chi connectivity index (χ2v) is 9.60. The van der Waals surface area contributed by atoms with Crippen LogP contribution >= 0.6 is 0 Å². The van der Waals surface area contributed by atoms with Gasteiger partial charge in [0.15, 0.2) is 11.8 Å². The first-order chi connectivity index (χ1) is 18.8. The Labute approximate surface area is 235 Å². The number of nitrogens with zero attached hydrogens (tertiary/aromatic N) is 1. The third-order valence-corrected chi connectivity index (χ3v) is 7.49. The number of nitrogens with one attached hydrogen (secondary N) is 1. The summed E-state index contributed by atoms with van der Waals surface area (Å²) in [6.07, 6.45) is 1.80. The van der Waals surface area contributed by atoms with Crippen LogP contribution in [-0.4, -0.2) is 4.98 Å². The zero-order chi connectivity index (χ0) is 25.2. The van der Waals surface area contributed by atoms with Crippen molar-refractivity contribution in [3.05, 3.63) is 115 Å². The number of oxazole rings is 1. The zero-order valence-electron chi connectivity index (χ0n) is 21.2. The van der Waals surface area contributed by atoms with Gasteiger partial charge in [-0.25, -0.2) is 9.97 Å². The molecule has 0 aliphatic carbocycles. The van der Waals surface area contributed by atoms with Crippen molar-refractivity contribution in [2.45, 2.75) is 0 Å². The molecule has 0 atom stereocenters. The maximum absolute atomic E-state index is 13.8. The first-order valence-corrected chi connectivity index (χ1v) is 12.6. The molecule has 8 rings (SSSR count). The summed E-state index contributed by atoms with van der Waals surface area (Å²) in [5, 5.41) is 21.1. The van der Waals surface area contributed by atoms with E-state index in [4.69, 9.17) is 9.40 Å². The summed E-state index contributed by atoms with van der Waals surface area (Å²) in [4.78, 5) is 7.92. The van der Waals surface area contributed by atoms with Crippen LogP contribution in [0.15, 0.2) is 120 Å². The Balaban J connectivity index is 0.00000253. The minimum absolute atomic E-state index is 0. The van der Waals surface area contributed by atoms with Crippen molar-refractivity contribution in [2.24, 2.45) is 0 Å². The minimum Gasteiger partial charge on any atom is -0.868 e. The van der Waals surface area contributed by atoms with E-state index in [1.807, 2.05) is 66.7 Å². The van der Waals surface area contributed by atoms with Crippen LogP contribution in [0.25, 0.3) is 76.9 Å². The molecule has 0 saturated heterocycles. The molecule has 2 aromatic heterocycles. The number of aromatic nitrogens is 2. The number of para-hydroxylation sites is 2. The van der Waals surface area contributed by atoms with Crippen LogP contribution in [0.5, 0.6) is 5.75 Å². The Kier molecular flexibility index (Phi) is 5.42. The Hall–Kier alpha value is -4.62. The van der Waals surface area contributed by atoms with Gasteiger partial charge in [-0.05, 0) is 85.6 Å². The minimum atomic E-state index is 0. The van der Waals surface area contributed by atoms with Crippen LogP contribution in [-0.2, 0) is 0 Å². The van der Waals surface area contributed by atoms with Gasteiger partial charge in [0.25, 0.3) is 0 Å². The average Bonchev–Trinajstić information content (AvgIpc) is 3.40. The molecular formula is C34H20LiN2O2+. The normalized spacial score (nSPS) is 11.5. The number of fused-ring (bicyclic) bond motifs is 6. The number of aromatic amines is 1. The van der Waals surface area contributed by atoms with Gasteiger partial charge in [0, 0.05) is 17.0 Å². The Morgan fingerprint density at radius 3 is 2.33 bits per heavy atom. The summed E-state index contributed by atoms with van der Waals surface area (Å²) in [7, 11) is 0. The molecule has 0 unspecified atom stereocenters. The Bertz CT molecular complexity index is 2190. The molecule has 1 N–H and O–H groups in total. The third-order valence-electron chi connectivity index (χ3n) is 7.49. The predicted octanol–water partition coefficient (Wildman–Crippen LogP) is 4.67. The fourth-order valence-electron chi connectivity index (χ4n) is 5.74. The quantitative estimate of drug-likeness (QED) is 0.199. The standard InChI is InChI=1S/C34H20N2O2.Li/c37-33-27(15-14-20-8-6-18-35-32(20)33)31-22-9-2-1-7-21(22)19-28-23-10-5-11-26(24(23)16-17-25(28)31)34-36-29-12-3-4-13-30(29)38-34;/h1-19,37H;/q;+1. The second-order valence-electron chi connectivity index (χ2n) is 9.60. The summed E-state index contributed by atoms with van der Waals surface area (Å²) in [5.74, 6) is 0.602. The average molecular weight is 495 g/mol. The van der Waals surface area contributed by atoms with Crippen LogP contribution < -0.4 is 29.0 Å². The molecule has 8 aromatic rings. The maximum atomic E-state index is 13.8. The van der Waals surface area contributed by atoms with E-state index in [0.29, 0.717) is 17.0 Å². The number of H-pyrrole nitrogens is 1. The van der Waals surface area contributed by atoms with Crippen LogP contribution in [0.3, 0.4) is 0 Å². The Morgan fingerprint density at radius 2 is 1.41 bits per heavy atom. The maximum Gasteiger partial charge on any atom is 1.00 e. The molecule has 0 amide bonds. The van der Waals surface area contributed by atoms with Gasteiger partial charge in [0.2, 0.25) is 11.4 Å². The van der Waals surface area contributed by atoms with Crippen LogP contribution in [0.4, 0.5) is 0 Å². The van der Waals surface area contributed by atoms with Crippen LogP contribution in [0, 0.1) is 0 Å². The van der Waals surface area contributed by atoms with Crippen molar-refractivity contribution in [3.63, 3.8) is 0 Å². The largest absolute Gasteiger partial charge is 1.00 e. The molecule has 0 radical (unpaired) electrons. The van der Waals surface area contributed by atoms with E-state index in [1.54, 1.807) is 6.20 Å². The molecule has 178 valence electrons. The molecule has 0 saturated carbocycles. The van der Waals surface area contributed by atoms with Gasteiger partial charge in [-0.15, -0.1) is 0 Å². The third kappa shape index (κ3) is 3.54. The summed E-state index contributed by atoms with van der Waals surface area (Å²) < 4.78 is 6.14. The number of hydrogen-bond donors (Lipinski definition) is 0. The number of rotatable bonds is 2. The van der Waals surface area contributed by atoms with Gasteiger partial charge >= 0.3 is 18.9 Å². The van der Waals surface area contributed by atoms with E-state index in [2.05, 4.69) is 47.4 Å². The summed E-state index contributed by atoms with van der Waals surface area (Å²) in [6, 6.07) is 36.6. The monoisotopic (exact) mass is 495 g/mol. The van der Waals surface area contributed by atoms with E-state index in [1.165, 1.54) is 0 Å². The molecule has 0 spiro atoms. The van der Waals surface area contributed by atoms with Gasteiger partial charge in [-0.1, -0.05) is 66.7 Å². The molecule has 0 aliphatic heterocycles. The second kappa shape index (κ2) is 8.99. The molecule has 4 nitrogen and oxygen atoms in total. The van der Waals surface area contributed by atoms with E-state index < -0.39 is 0 Å². The number of pyridine rings is 1. The van der Waals surface area contributed by atoms with Crippen molar-refractivity contribution in [1.82, 2.24) is 4.98 Å². The van der Waals surface area contributed by atoms with Crippen LogP contribution in [0.2, 0.25) is 0 Å². The first-order valence-electron chi connectivity index (χ1n) is 12.6. The molecule has 0 aliphatic rings.